The smallest absolute Gasteiger partial charge is 0.229 e. The summed E-state index contributed by atoms with van der Waals surface area (Å²) in [5, 5.41) is 22.9. The molecule has 0 radical (unpaired) electrons. The minimum absolute atomic E-state index is 0.399. The number of rotatable bonds is 4. The predicted molar refractivity (Wildman–Crippen MR) is 101 cm³/mol. The summed E-state index contributed by atoms with van der Waals surface area (Å²) >= 11 is 6.20. The van der Waals surface area contributed by atoms with Crippen LogP contribution in [0.2, 0.25) is 5.02 Å². The highest BCUT2D eigenvalue weighted by Crippen LogP contribution is 2.27. The Morgan fingerprint density at radius 2 is 1.96 bits per heavy atom. The molecule has 0 aliphatic rings. The number of anilines is 4. The van der Waals surface area contributed by atoms with Gasteiger partial charge in [-0.25, -0.2) is 4.98 Å². The fourth-order valence-corrected chi connectivity index (χ4v) is 2.65. The van der Waals surface area contributed by atoms with Crippen molar-refractivity contribution in [3.63, 3.8) is 0 Å². The van der Waals surface area contributed by atoms with Crippen LogP contribution in [0.5, 0.6) is 0 Å². The van der Waals surface area contributed by atoms with Gasteiger partial charge < -0.3 is 10.6 Å². The predicted octanol–water partition coefficient (Wildman–Crippen LogP) is 3.90. The molecule has 4 aromatic rings. The summed E-state index contributed by atoms with van der Waals surface area (Å²) in [7, 11) is 0. The van der Waals surface area contributed by atoms with Crippen LogP contribution in [0.25, 0.3) is 10.9 Å². The van der Waals surface area contributed by atoms with Crippen LogP contribution in [0, 0.1) is 13.8 Å². The van der Waals surface area contributed by atoms with E-state index in [1.54, 1.807) is 0 Å². The molecular weight excluding hydrogens is 352 g/mol. The monoisotopic (exact) mass is 366 g/mol. The molecule has 26 heavy (non-hydrogen) atoms. The molecule has 0 aliphatic carbocycles. The van der Waals surface area contributed by atoms with Crippen LogP contribution in [0.15, 0.2) is 36.5 Å². The molecule has 9 heteroatoms. The molecule has 8 nitrogen and oxygen atoms in total. The van der Waals surface area contributed by atoms with Gasteiger partial charge in [-0.2, -0.15) is 20.3 Å². The van der Waals surface area contributed by atoms with Crippen LogP contribution in [-0.2, 0) is 0 Å². The number of aromatic nitrogens is 6. The summed E-state index contributed by atoms with van der Waals surface area (Å²) in [5.74, 6) is 1.50. The van der Waals surface area contributed by atoms with E-state index < -0.39 is 0 Å². The lowest BCUT2D eigenvalue weighted by Crippen LogP contribution is -2.02. The van der Waals surface area contributed by atoms with Crippen molar-refractivity contribution in [3.8, 4) is 0 Å². The summed E-state index contributed by atoms with van der Waals surface area (Å²) < 4.78 is 0. The van der Waals surface area contributed by atoms with Gasteiger partial charge >= 0.3 is 0 Å². The number of halogens is 1. The van der Waals surface area contributed by atoms with Gasteiger partial charge in [0.15, 0.2) is 11.6 Å². The number of hydrogen-bond acceptors (Lipinski definition) is 7. The van der Waals surface area contributed by atoms with E-state index in [-0.39, 0.29) is 0 Å². The fraction of sp³-hybridized carbons (Fsp3) is 0.118. The van der Waals surface area contributed by atoms with Crippen LogP contribution >= 0.6 is 11.6 Å². The Hall–Kier alpha value is -3.26. The number of aromatic amines is 1. The Labute approximate surface area is 154 Å². The maximum absolute atomic E-state index is 6.20. The molecule has 0 spiro atoms. The first-order valence-electron chi connectivity index (χ1n) is 7.90. The maximum Gasteiger partial charge on any atom is 0.229 e. The molecule has 1 aromatic carbocycles. The zero-order valence-electron chi connectivity index (χ0n) is 14.1. The lowest BCUT2D eigenvalue weighted by Gasteiger charge is -2.10. The second kappa shape index (κ2) is 6.57. The summed E-state index contributed by atoms with van der Waals surface area (Å²) in [5.41, 5.74) is 3.40. The number of fused-ring (bicyclic) bond motifs is 1. The second-order valence-electron chi connectivity index (χ2n) is 5.80. The number of nitrogens with one attached hydrogen (secondary N) is 3. The van der Waals surface area contributed by atoms with E-state index in [1.165, 1.54) is 6.20 Å². The van der Waals surface area contributed by atoms with Crippen LogP contribution in [-0.4, -0.2) is 30.4 Å². The molecule has 3 heterocycles. The number of nitrogens with zero attached hydrogens (tertiary/aromatic N) is 5. The van der Waals surface area contributed by atoms with E-state index in [4.69, 9.17) is 11.6 Å². The van der Waals surface area contributed by atoms with Gasteiger partial charge in [0.05, 0.1) is 23.1 Å². The average Bonchev–Trinajstić information content (AvgIpc) is 3.03. The number of benzene rings is 1. The third-order valence-corrected chi connectivity index (χ3v) is 3.97. The van der Waals surface area contributed by atoms with Crippen LogP contribution in [0.1, 0.15) is 11.4 Å². The van der Waals surface area contributed by atoms with E-state index in [0.29, 0.717) is 22.6 Å². The Morgan fingerprint density at radius 3 is 2.77 bits per heavy atom. The van der Waals surface area contributed by atoms with Crippen molar-refractivity contribution >= 4 is 45.8 Å². The van der Waals surface area contributed by atoms with Crippen molar-refractivity contribution in [2.24, 2.45) is 0 Å². The maximum atomic E-state index is 6.20. The minimum atomic E-state index is 0.399. The lowest BCUT2D eigenvalue weighted by molar-refractivity contribution is 1.02. The van der Waals surface area contributed by atoms with E-state index in [2.05, 4.69) is 41.0 Å². The molecule has 0 atom stereocenters. The van der Waals surface area contributed by atoms with Crippen LogP contribution < -0.4 is 10.6 Å². The van der Waals surface area contributed by atoms with Gasteiger partial charge in [-0.05, 0) is 32.0 Å². The normalized spacial score (nSPS) is 10.9. The highest BCUT2D eigenvalue weighted by molar-refractivity contribution is 6.32. The van der Waals surface area contributed by atoms with Gasteiger partial charge in [0, 0.05) is 17.1 Å². The molecule has 3 N–H and O–H groups in total. The Morgan fingerprint density at radius 1 is 1.08 bits per heavy atom. The zero-order valence-corrected chi connectivity index (χ0v) is 14.8. The van der Waals surface area contributed by atoms with Crippen molar-refractivity contribution in [1.82, 2.24) is 30.4 Å². The van der Waals surface area contributed by atoms with Gasteiger partial charge in [0.25, 0.3) is 0 Å². The summed E-state index contributed by atoms with van der Waals surface area (Å²) in [6, 6.07) is 9.56. The van der Waals surface area contributed by atoms with E-state index >= 15 is 0 Å². The first-order valence-corrected chi connectivity index (χ1v) is 8.28. The number of H-pyrrole nitrogens is 1. The van der Waals surface area contributed by atoms with Crippen molar-refractivity contribution < 1.29 is 0 Å². The molecule has 4 rings (SSSR count). The minimum Gasteiger partial charge on any atom is -0.323 e. The van der Waals surface area contributed by atoms with Crippen molar-refractivity contribution in [2.45, 2.75) is 13.8 Å². The highest BCUT2D eigenvalue weighted by Gasteiger charge is 2.10. The summed E-state index contributed by atoms with van der Waals surface area (Å²) in [6.45, 7) is 3.81. The Kier molecular flexibility index (Phi) is 4.10. The first-order chi connectivity index (χ1) is 12.6. The van der Waals surface area contributed by atoms with Gasteiger partial charge in [0.2, 0.25) is 5.95 Å². The van der Waals surface area contributed by atoms with E-state index in [9.17, 15) is 0 Å². The average molecular weight is 367 g/mol. The standard InChI is InChI=1S/C17H15ClN8/c1-9-6-11-13(4-3-5-14(11)25-23-9)20-17-19-8-12(18)16(22-17)21-15-7-10(2)24-26-15/h3-8H,1-2H3,(H3,19,20,21,22,24,26). The quantitative estimate of drug-likeness (QED) is 0.503. The molecule has 0 bridgehead atoms. The van der Waals surface area contributed by atoms with Gasteiger partial charge in [-0.1, -0.05) is 17.7 Å². The SMILES string of the molecule is Cc1cc2c(Nc3ncc(Cl)c(Nc4cc(C)[nH]n4)n3)cccc2nn1. The Bertz CT molecular complexity index is 1090. The molecule has 0 amide bonds. The third kappa shape index (κ3) is 3.27. The molecular formula is C17H15ClN8. The Balaban J connectivity index is 1.67. The molecule has 130 valence electrons. The van der Waals surface area contributed by atoms with Crippen molar-refractivity contribution in [3.05, 3.63) is 52.9 Å². The molecule has 0 unspecified atom stereocenters. The van der Waals surface area contributed by atoms with Crippen LogP contribution in [0.4, 0.5) is 23.3 Å². The van der Waals surface area contributed by atoms with Gasteiger partial charge in [-0.15, -0.1) is 0 Å². The summed E-state index contributed by atoms with van der Waals surface area (Å²) in [4.78, 5) is 8.70. The van der Waals surface area contributed by atoms with Crippen molar-refractivity contribution in [2.75, 3.05) is 10.6 Å². The summed E-state index contributed by atoms with van der Waals surface area (Å²) in [6.07, 6.45) is 1.54. The number of hydrogen-bond donors (Lipinski definition) is 3. The largest absolute Gasteiger partial charge is 0.323 e. The van der Waals surface area contributed by atoms with Gasteiger partial charge in [-0.3, -0.25) is 5.10 Å². The molecule has 0 saturated heterocycles. The van der Waals surface area contributed by atoms with E-state index in [1.807, 2.05) is 44.2 Å². The molecule has 0 fully saturated rings. The van der Waals surface area contributed by atoms with Crippen LogP contribution in [0.3, 0.4) is 0 Å². The zero-order chi connectivity index (χ0) is 18.1. The molecule has 3 aromatic heterocycles. The fourth-order valence-electron chi connectivity index (χ4n) is 2.51. The lowest BCUT2D eigenvalue weighted by atomic mass is 10.2. The molecule has 0 saturated carbocycles. The topological polar surface area (TPSA) is 104 Å². The van der Waals surface area contributed by atoms with Gasteiger partial charge in [0.1, 0.15) is 5.02 Å². The first kappa shape index (κ1) is 16.2. The van der Waals surface area contributed by atoms with Crippen molar-refractivity contribution in [1.29, 1.82) is 0 Å². The third-order valence-electron chi connectivity index (χ3n) is 3.69. The number of aryl methyl sites for hydroxylation is 2. The second-order valence-corrected chi connectivity index (χ2v) is 6.21. The highest BCUT2D eigenvalue weighted by atomic mass is 35.5. The molecule has 0 aliphatic heterocycles. The van der Waals surface area contributed by atoms with E-state index in [0.717, 1.165) is 28.0 Å².